The molecule has 190 valence electrons. The minimum absolute atomic E-state index is 0.0592. The van der Waals surface area contributed by atoms with Gasteiger partial charge in [0.25, 0.3) is 5.96 Å². The predicted octanol–water partition coefficient (Wildman–Crippen LogP) is -2.62. The lowest BCUT2D eigenvalue weighted by Crippen LogP contribution is -2.84. The Labute approximate surface area is 208 Å². The van der Waals surface area contributed by atoms with E-state index >= 15 is 0 Å². The van der Waals surface area contributed by atoms with Crippen LogP contribution >= 0.6 is 0 Å². The molecule has 0 amide bonds. The third-order valence-electron chi connectivity index (χ3n) is 5.31. The first-order valence-electron chi connectivity index (χ1n) is 10.4. The van der Waals surface area contributed by atoms with Crippen molar-refractivity contribution in [3.63, 3.8) is 0 Å². The molecule has 0 fully saturated rings. The molecular weight excluding hydrogens is 508 g/mol. The molecule has 0 aliphatic heterocycles. The summed E-state index contributed by atoms with van der Waals surface area (Å²) in [6.45, 7) is 0. The average molecular weight is 533 g/mol. The van der Waals surface area contributed by atoms with E-state index in [1.807, 2.05) is 36.1 Å². The number of hydrogen-bond acceptors (Lipinski definition) is 7. The smallest absolute Gasteiger partial charge is 0.316 e. The SMILES string of the molecule is C[n+]1cccc(-c2ccc(N=C(N)[NH+]=C(N)N)cc2C#CC2=CC[C@H](S(=O)(=O)[O-])[C@H](S(=O)(=O)[O-])C2)c1. The van der Waals surface area contributed by atoms with E-state index in [9.17, 15) is 25.9 Å². The molecule has 0 saturated heterocycles. The summed E-state index contributed by atoms with van der Waals surface area (Å²) in [6, 6.07) is 8.80. The number of hydrogen-bond donors (Lipinski definition) is 4. The second-order valence-electron chi connectivity index (χ2n) is 8.05. The van der Waals surface area contributed by atoms with Crippen LogP contribution < -0.4 is 26.8 Å². The number of nitrogens with two attached hydrogens (primary N) is 3. The van der Waals surface area contributed by atoms with Crippen molar-refractivity contribution in [3.05, 3.63) is 59.9 Å². The molecule has 0 spiro atoms. The van der Waals surface area contributed by atoms with Crippen LogP contribution in [0.4, 0.5) is 5.69 Å². The fourth-order valence-corrected chi connectivity index (χ4v) is 6.19. The number of allylic oxidation sites excluding steroid dienone is 2. The molecule has 1 heterocycles. The number of pyridine rings is 1. The van der Waals surface area contributed by atoms with Crippen molar-refractivity contribution in [2.75, 3.05) is 0 Å². The maximum Gasteiger partial charge on any atom is 0.316 e. The molecule has 1 aromatic heterocycles. The molecule has 7 N–H and O–H groups in total. The quantitative estimate of drug-likeness (QED) is 0.106. The van der Waals surface area contributed by atoms with Gasteiger partial charge in [0.2, 0.25) is 0 Å². The maximum atomic E-state index is 11.7. The van der Waals surface area contributed by atoms with E-state index in [1.165, 1.54) is 6.08 Å². The van der Waals surface area contributed by atoms with Gasteiger partial charge in [-0.05, 0) is 42.7 Å². The molecule has 0 unspecified atom stereocenters. The Morgan fingerprint density at radius 1 is 1.08 bits per heavy atom. The van der Waals surface area contributed by atoms with Crippen LogP contribution in [0.1, 0.15) is 18.4 Å². The van der Waals surface area contributed by atoms with Crippen molar-refractivity contribution in [2.24, 2.45) is 29.2 Å². The molecule has 14 heteroatoms. The summed E-state index contributed by atoms with van der Waals surface area (Å²) in [5, 5.41) is -3.77. The van der Waals surface area contributed by atoms with Crippen LogP contribution in [0.25, 0.3) is 11.1 Å². The second-order valence-corrected chi connectivity index (χ2v) is 11.2. The first-order chi connectivity index (χ1) is 16.7. The largest absolute Gasteiger partial charge is 0.748 e. The fraction of sp³-hybridized carbons (Fsp3) is 0.227. The highest BCUT2D eigenvalue weighted by atomic mass is 32.2. The summed E-state index contributed by atoms with van der Waals surface area (Å²) in [5.41, 5.74) is 19.2. The van der Waals surface area contributed by atoms with Gasteiger partial charge in [-0.2, -0.15) is 0 Å². The molecule has 0 radical (unpaired) electrons. The first-order valence-corrected chi connectivity index (χ1v) is 13.4. The Bertz CT molecular complexity index is 1550. The van der Waals surface area contributed by atoms with E-state index in [1.54, 1.807) is 18.2 Å². The summed E-state index contributed by atoms with van der Waals surface area (Å²) < 4.78 is 71.3. The fourth-order valence-electron chi connectivity index (χ4n) is 3.70. The van der Waals surface area contributed by atoms with E-state index < -0.39 is 43.6 Å². The topological polar surface area (TPSA) is 223 Å². The molecule has 1 aliphatic rings. The van der Waals surface area contributed by atoms with Gasteiger partial charge in [-0.15, -0.1) is 4.99 Å². The molecule has 1 aromatic carbocycles. The zero-order valence-corrected chi connectivity index (χ0v) is 20.7. The molecule has 2 aromatic rings. The number of guanidine groups is 2. The van der Waals surface area contributed by atoms with E-state index in [2.05, 4.69) is 21.8 Å². The summed E-state index contributed by atoms with van der Waals surface area (Å²) in [7, 11) is -8.21. The number of nitrogens with one attached hydrogen (secondary N) is 1. The number of aliphatic imine (C=N–C) groups is 1. The van der Waals surface area contributed by atoms with Crippen LogP contribution in [-0.2, 0) is 27.3 Å². The van der Waals surface area contributed by atoms with E-state index in [-0.39, 0.29) is 17.5 Å². The molecule has 0 bridgehead atoms. The molecule has 36 heavy (non-hydrogen) atoms. The van der Waals surface area contributed by atoms with Crippen LogP contribution in [0.15, 0.2) is 59.4 Å². The van der Waals surface area contributed by atoms with Gasteiger partial charge in [0, 0.05) is 22.8 Å². The zero-order chi connectivity index (χ0) is 26.7. The lowest BCUT2D eigenvalue weighted by molar-refractivity contribution is -0.671. The highest BCUT2D eigenvalue weighted by Gasteiger charge is 2.35. The summed E-state index contributed by atoms with van der Waals surface area (Å²) >= 11 is 0. The average Bonchev–Trinajstić information content (AvgIpc) is 2.76. The van der Waals surface area contributed by atoms with Gasteiger partial charge < -0.3 is 26.3 Å². The highest BCUT2D eigenvalue weighted by molar-refractivity contribution is 7.90. The Kier molecular flexibility index (Phi) is 7.80. The summed E-state index contributed by atoms with van der Waals surface area (Å²) in [5.74, 6) is 5.56. The Morgan fingerprint density at radius 3 is 2.39 bits per heavy atom. The van der Waals surface area contributed by atoms with Crippen LogP contribution in [0.5, 0.6) is 0 Å². The van der Waals surface area contributed by atoms with E-state index in [0.717, 1.165) is 11.1 Å². The first kappa shape index (κ1) is 26.8. The van der Waals surface area contributed by atoms with E-state index in [0.29, 0.717) is 11.3 Å². The van der Waals surface area contributed by atoms with Gasteiger partial charge in [-0.25, -0.2) is 26.4 Å². The standard InChI is InChI=1S/C22H24N6O6S2/c1-28-10-2-3-16(13-28)18-8-7-17(26-22(25)27-21(23)24)12-15(18)6-4-14-5-9-19(35(29,30)31)20(11-14)36(32,33)34/h2-3,5,7-8,10,12-13,19-20H,9,11H2,1H3,(H7-,23,24,25,26,27,29,30,31,32,33,34)/t19-,20+/m0/s1. The lowest BCUT2D eigenvalue weighted by atomic mass is 9.97. The van der Waals surface area contributed by atoms with Crippen molar-refractivity contribution in [1.82, 2.24) is 0 Å². The molecule has 3 rings (SSSR count). The Balaban J connectivity index is 2.09. The van der Waals surface area contributed by atoms with Crippen molar-refractivity contribution in [1.29, 1.82) is 0 Å². The Hall–Kier alpha value is -3.77. The van der Waals surface area contributed by atoms with Crippen molar-refractivity contribution < 1.29 is 35.5 Å². The highest BCUT2D eigenvalue weighted by Crippen LogP contribution is 2.29. The number of benzene rings is 1. The van der Waals surface area contributed by atoms with Gasteiger partial charge in [0.1, 0.15) is 12.7 Å². The minimum atomic E-state index is -5.06. The molecule has 12 nitrogen and oxygen atoms in total. The van der Waals surface area contributed by atoms with Crippen molar-refractivity contribution >= 4 is 37.8 Å². The summed E-state index contributed by atoms with van der Waals surface area (Å²) in [4.78, 5) is 6.65. The Morgan fingerprint density at radius 2 is 1.78 bits per heavy atom. The van der Waals surface area contributed by atoms with Crippen molar-refractivity contribution in [3.8, 4) is 23.0 Å². The van der Waals surface area contributed by atoms with Crippen LogP contribution in [0.2, 0.25) is 0 Å². The number of aryl methyl sites for hydroxylation is 1. The van der Waals surface area contributed by atoms with Crippen LogP contribution in [-0.4, -0.2) is 48.4 Å². The lowest BCUT2D eigenvalue weighted by Gasteiger charge is -2.33. The molecule has 1 aliphatic carbocycles. The van der Waals surface area contributed by atoms with Gasteiger partial charge >= 0.3 is 5.96 Å². The predicted molar refractivity (Wildman–Crippen MR) is 130 cm³/mol. The van der Waals surface area contributed by atoms with Gasteiger partial charge in [-0.1, -0.05) is 17.9 Å². The number of nitrogens with zero attached hydrogens (tertiary/aromatic N) is 2. The molecule has 2 atom stereocenters. The van der Waals surface area contributed by atoms with Gasteiger partial charge in [-0.3, -0.25) is 0 Å². The van der Waals surface area contributed by atoms with Crippen molar-refractivity contribution in [2.45, 2.75) is 23.3 Å². The van der Waals surface area contributed by atoms with Gasteiger partial charge in [0.15, 0.2) is 12.4 Å². The summed E-state index contributed by atoms with van der Waals surface area (Å²) in [6.07, 6.45) is 4.17. The van der Waals surface area contributed by atoms with Crippen LogP contribution in [0.3, 0.4) is 0 Å². The zero-order valence-electron chi connectivity index (χ0n) is 19.1. The molecular formula is C22H24N6O6S2. The minimum Gasteiger partial charge on any atom is -0.748 e. The maximum absolute atomic E-state index is 11.7. The third-order valence-corrected chi connectivity index (χ3v) is 7.98. The number of rotatable bonds is 4. The van der Waals surface area contributed by atoms with Gasteiger partial charge in [0.05, 0.1) is 30.7 Å². The molecule has 0 saturated carbocycles. The monoisotopic (exact) mass is 532 g/mol. The van der Waals surface area contributed by atoms with Crippen LogP contribution in [0, 0.1) is 11.8 Å². The second kappa shape index (κ2) is 10.5. The normalized spacial score (nSPS) is 18.5. The third kappa shape index (κ3) is 6.89. The number of aromatic nitrogens is 1. The van der Waals surface area contributed by atoms with E-state index in [4.69, 9.17) is 17.2 Å².